The van der Waals surface area contributed by atoms with Crippen molar-refractivity contribution < 1.29 is 18.3 Å². The summed E-state index contributed by atoms with van der Waals surface area (Å²) in [6.07, 6.45) is 3.45. The number of anilines is 1. The number of alkyl halides is 2. The molecule has 0 aliphatic rings. The van der Waals surface area contributed by atoms with Crippen LogP contribution in [0.15, 0.2) is 70.6 Å². The van der Waals surface area contributed by atoms with Crippen molar-refractivity contribution in [3.8, 4) is 11.4 Å². The number of rotatable bonds is 7. The molecule has 1 heterocycles. The van der Waals surface area contributed by atoms with Gasteiger partial charge in [-0.15, -0.1) is 0 Å². The molecule has 0 saturated carbocycles. The topological polar surface area (TPSA) is 56.2 Å². The van der Waals surface area contributed by atoms with Crippen LogP contribution in [0.5, 0.6) is 5.75 Å². The Labute approximate surface area is 166 Å². The van der Waals surface area contributed by atoms with E-state index in [0.29, 0.717) is 5.16 Å². The Morgan fingerprint density at radius 1 is 1.22 bits per heavy atom. The Hall–Kier alpha value is -2.39. The molecule has 140 valence electrons. The summed E-state index contributed by atoms with van der Waals surface area (Å²) in [5.74, 6) is -0.366. The van der Waals surface area contributed by atoms with Crippen molar-refractivity contribution in [3.63, 3.8) is 0 Å². The molecule has 5 nitrogen and oxygen atoms in total. The molecule has 0 spiro atoms. The van der Waals surface area contributed by atoms with Crippen molar-refractivity contribution in [1.82, 2.24) is 9.55 Å². The van der Waals surface area contributed by atoms with Crippen LogP contribution in [0.3, 0.4) is 0 Å². The number of carbonyl (C=O) groups excluding carboxylic acids is 1. The van der Waals surface area contributed by atoms with Crippen LogP contribution in [0.2, 0.25) is 0 Å². The molecule has 1 N–H and O–H groups in total. The molecule has 3 aromatic rings. The average Bonchev–Trinajstić information content (AvgIpc) is 3.10. The van der Waals surface area contributed by atoms with Gasteiger partial charge in [-0.05, 0) is 36.4 Å². The second kappa shape index (κ2) is 9.01. The minimum Gasteiger partial charge on any atom is -0.433 e. The van der Waals surface area contributed by atoms with Gasteiger partial charge in [0.15, 0.2) is 5.16 Å². The van der Waals surface area contributed by atoms with Gasteiger partial charge in [0.05, 0.1) is 11.4 Å². The Bertz CT molecular complexity index is 919. The molecular weight excluding hydrogens is 440 g/mol. The summed E-state index contributed by atoms with van der Waals surface area (Å²) in [7, 11) is 0. The molecule has 0 saturated heterocycles. The SMILES string of the molecule is O=C(CSc1nccn1-c1ccc(Br)cc1)Nc1ccccc1OC(F)F. The maximum absolute atomic E-state index is 12.4. The van der Waals surface area contributed by atoms with E-state index in [-0.39, 0.29) is 23.1 Å². The van der Waals surface area contributed by atoms with Gasteiger partial charge >= 0.3 is 6.61 Å². The fraction of sp³-hybridized carbons (Fsp3) is 0.111. The molecule has 3 rings (SSSR count). The first-order valence-electron chi connectivity index (χ1n) is 7.78. The minimum atomic E-state index is -2.96. The summed E-state index contributed by atoms with van der Waals surface area (Å²) in [5, 5.41) is 3.23. The van der Waals surface area contributed by atoms with Crippen LogP contribution in [-0.4, -0.2) is 27.8 Å². The second-order valence-electron chi connectivity index (χ2n) is 5.27. The van der Waals surface area contributed by atoms with Crippen LogP contribution in [-0.2, 0) is 4.79 Å². The zero-order valence-corrected chi connectivity index (χ0v) is 16.2. The third kappa shape index (κ3) is 5.30. The fourth-order valence-corrected chi connectivity index (χ4v) is 3.32. The lowest BCUT2D eigenvalue weighted by Gasteiger charge is -2.12. The number of amides is 1. The quantitative estimate of drug-likeness (QED) is 0.513. The summed E-state index contributed by atoms with van der Waals surface area (Å²) >= 11 is 4.63. The fourth-order valence-electron chi connectivity index (χ4n) is 2.28. The first-order valence-corrected chi connectivity index (χ1v) is 9.56. The molecule has 27 heavy (non-hydrogen) atoms. The first-order chi connectivity index (χ1) is 13.0. The van der Waals surface area contributed by atoms with Crippen LogP contribution in [0.25, 0.3) is 5.69 Å². The number of carbonyl (C=O) groups is 1. The summed E-state index contributed by atoms with van der Waals surface area (Å²) in [4.78, 5) is 16.5. The number of hydrogen-bond acceptors (Lipinski definition) is 4. The van der Waals surface area contributed by atoms with Crippen LogP contribution in [0.1, 0.15) is 0 Å². The van der Waals surface area contributed by atoms with Gasteiger partial charge < -0.3 is 10.1 Å². The van der Waals surface area contributed by atoms with E-state index in [1.54, 1.807) is 24.5 Å². The van der Waals surface area contributed by atoms with Crippen molar-refractivity contribution >= 4 is 39.3 Å². The number of nitrogens with one attached hydrogen (secondary N) is 1. The molecule has 9 heteroatoms. The number of halogens is 3. The number of para-hydroxylation sites is 2. The highest BCUT2D eigenvalue weighted by molar-refractivity contribution is 9.10. The Balaban J connectivity index is 1.64. The van der Waals surface area contributed by atoms with Crippen molar-refractivity contribution in [3.05, 3.63) is 65.4 Å². The van der Waals surface area contributed by atoms with Crippen molar-refractivity contribution in [1.29, 1.82) is 0 Å². The molecule has 0 fully saturated rings. The molecule has 0 bridgehead atoms. The van der Waals surface area contributed by atoms with Crippen molar-refractivity contribution in [2.45, 2.75) is 11.8 Å². The van der Waals surface area contributed by atoms with Crippen LogP contribution >= 0.6 is 27.7 Å². The van der Waals surface area contributed by atoms with E-state index in [0.717, 1.165) is 10.2 Å². The van der Waals surface area contributed by atoms with E-state index in [1.807, 2.05) is 28.8 Å². The van der Waals surface area contributed by atoms with E-state index < -0.39 is 6.61 Å². The van der Waals surface area contributed by atoms with E-state index in [2.05, 4.69) is 31.0 Å². The zero-order valence-electron chi connectivity index (χ0n) is 13.8. The largest absolute Gasteiger partial charge is 0.433 e. The number of aromatic nitrogens is 2. The molecule has 2 aromatic carbocycles. The third-order valence-electron chi connectivity index (χ3n) is 3.42. The molecule has 1 amide bonds. The predicted octanol–water partition coefficient (Wildman–Crippen LogP) is 4.97. The number of thioether (sulfide) groups is 1. The van der Waals surface area contributed by atoms with Crippen molar-refractivity contribution in [2.24, 2.45) is 0 Å². The monoisotopic (exact) mass is 453 g/mol. The highest BCUT2D eigenvalue weighted by atomic mass is 79.9. The van der Waals surface area contributed by atoms with E-state index >= 15 is 0 Å². The van der Waals surface area contributed by atoms with Crippen LogP contribution < -0.4 is 10.1 Å². The molecule has 0 unspecified atom stereocenters. The maximum atomic E-state index is 12.4. The van der Waals surface area contributed by atoms with Gasteiger partial charge in [-0.1, -0.05) is 39.8 Å². The average molecular weight is 454 g/mol. The highest BCUT2D eigenvalue weighted by Gasteiger charge is 2.13. The van der Waals surface area contributed by atoms with Gasteiger partial charge in [0.25, 0.3) is 0 Å². The number of nitrogens with zero attached hydrogens (tertiary/aromatic N) is 2. The molecule has 0 aliphatic carbocycles. The predicted molar refractivity (Wildman–Crippen MR) is 104 cm³/mol. The first kappa shape index (κ1) is 19.4. The molecular formula is C18H14BrF2N3O2S. The number of benzene rings is 2. The maximum Gasteiger partial charge on any atom is 0.387 e. The molecule has 0 atom stereocenters. The standard InChI is InChI=1S/C18H14BrF2N3O2S/c19-12-5-7-13(8-6-12)24-10-9-22-18(24)27-11-16(25)23-14-3-1-2-4-15(14)26-17(20)21/h1-10,17H,11H2,(H,23,25). The van der Waals surface area contributed by atoms with Gasteiger partial charge in [0, 0.05) is 22.6 Å². The number of imidazole rings is 1. The lowest BCUT2D eigenvalue weighted by atomic mass is 10.3. The third-order valence-corrected chi connectivity index (χ3v) is 4.92. The van der Waals surface area contributed by atoms with E-state index in [1.165, 1.54) is 23.9 Å². The van der Waals surface area contributed by atoms with Crippen molar-refractivity contribution in [2.75, 3.05) is 11.1 Å². The summed E-state index contributed by atoms with van der Waals surface area (Å²) in [6, 6.07) is 13.7. The van der Waals surface area contributed by atoms with E-state index in [4.69, 9.17) is 0 Å². The summed E-state index contributed by atoms with van der Waals surface area (Å²) in [6.45, 7) is -2.96. The molecule has 0 aliphatic heterocycles. The molecule has 1 aromatic heterocycles. The molecule has 0 radical (unpaired) electrons. The van der Waals surface area contributed by atoms with Crippen LogP contribution in [0.4, 0.5) is 14.5 Å². The summed E-state index contributed by atoms with van der Waals surface area (Å²) in [5.41, 5.74) is 1.11. The Morgan fingerprint density at radius 3 is 2.70 bits per heavy atom. The Morgan fingerprint density at radius 2 is 1.96 bits per heavy atom. The van der Waals surface area contributed by atoms with E-state index in [9.17, 15) is 13.6 Å². The smallest absolute Gasteiger partial charge is 0.387 e. The Kier molecular flexibility index (Phi) is 6.46. The highest BCUT2D eigenvalue weighted by Crippen LogP contribution is 2.26. The summed E-state index contributed by atoms with van der Waals surface area (Å²) < 4.78 is 32.1. The second-order valence-corrected chi connectivity index (χ2v) is 7.13. The number of ether oxygens (including phenoxy) is 1. The lowest BCUT2D eigenvalue weighted by Crippen LogP contribution is -2.16. The van der Waals surface area contributed by atoms with Gasteiger partial charge in [-0.3, -0.25) is 9.36 Å². The van der Waals surface area contributed by atoms with Gasteiger partial charge in [0.2, 0.25) is 5.91 Å². The lowest BCUT2D eigenvalue weighted by molar-refractivity contribution is -0.113. The minimum absolute atomic E-state index is 0.0660. The van der Waals surface area contributed by atoms with Crippen LogP contribution in [0, 0.1) is 0 Å². The van der Waals surface area contributed by atoms with Gasteiger partial charge in [-0.25, -0.2) is 4.98 Å². The van der Waals surface area contributed by atoms with Gasteiger partial charge in [0.1, 0.15) is 5.75 Å². The zero-order chi connectivity index (χ0) is 19.2. The number of hydrogen-bond donors (Lipinski definition) is 1. The van der Waals surface area contributed by atoms with Gasteiger partial charge in [-0.2, -0.15) is 8.78 Å². The normalized spacial score (nSPS) is 10.8.